The van der Waals surface area contributed by atoms with E-state index in [0.29, 0.717) is 5.56 Å². The third kappa shape index (κ3) is 3.85. The summed E-state index contributed by atoms with van der Waals surface area (Å²) in [5, 5.41) is 9.16. The van der Waals surface area contributed by atoms with Crippen LogP contribution in [0.15, 0.2) is 18.2 Å². The molecule has 1 rings (SSSR count). The molecule has 16 heavy (non-hydrogen) atoms. The number of hydrogen-bond donors (Lipinski definition) is 1. The van der Waals surface area contributed by atoms with Crippen LogP contribution in [0.1, 0.15) is 43.6 Å². The Balaban J connectivity index is 0.00000106. The van der Waals surface area contributed by atoms with E-state index in [2.05, 4.69) is 0 Å². The molecule has 0 radical (unpaired) electrons. The molecular formula is C12H17F3O. The lowest BCUT2D eigenvalue weighted by Gasteiger charge is -2.12. The molecular weight excluding hydrogens is 217 g/mol. The van der Waals surface area contributed by atoms with Crippen LogP contribution >= 0.6 is 0 Å². The molecule has 1 nitrogen and oxygen atoms in total. The second-order valence-corrected chi connectivity index (χ2v) is 3.25. The largest absolute Gasteiger partial charge is 0.416 e. The fourth-order valence-electron chi connectivity index (χ4n) is 1.26. The summed E-state index contributed by atoms with van der Waals surface area (Å²) in [6.45, 7) is 6.90. The van der Waals surface area contributed by atoms with Crippen LogP contribution in [0.25, 0.3) is 0 Å². The van der Waals surface area contributed by atoms with Crippen molar-refractivity contribution in [2.75, 3.05) is 0 Å². The Kier molecular flexibility index (Phi) is 5.51. The molecule has 1 atom stereocenters. The minimum atomic E-state index is -4.32. The number of alkyl halides is 3. The zero-order chi connectivity index (χ0) is 12.9. The number of hydrogen-bond acceptors (Lipinski definition) is 1. The topological polar surface area (TPSA) is 20.2 Å². The fraction of sp³-hybridized carbons (Fsp3) is 0.500. The highest BCUT2D eigenvalue weighted by molar-refractivity contribution is 5.33. The van der Waals surface area contributed by atoms with Crippen molar-refractivity contribution in [3.05, 3.63) is 34.9 Å². The predicted molar refractivity (Wildman–Crippen MR) is 58.2 cm³/mol. The fourth-order valence-corrected chi connectivity index (χ4v) is 1.26. The van der Waals surface area contributed by atoms with Crippen molar-refractivity contribution >= 4 is 0 Å². The van der Waals surface area contributed by atoms with Gasteiger partial charge in [-0.25, -0.2) is 0 Å². The molecule has 92 valence electrons. The van der Waals surface area contributed by atoms with Gasteiger partial charge >= 0.3 is 6.18 Å². The van der Waals surface area contributed by atoms with Crippen molar-refractivity contribution in [3.63, 3.8) is 0 Å². The molecule has 0 fully saturated rings. The first-order chi connectivity index (χ1) is 7.32. The van der Waals surface area contributed by atoms with Crippen molar-refractivity contribution in [2.45, 2.75) is 40.0 Å². The summed E-state index contributed by atoms with van der Waals surface area (Å²) in [5.74, 6) is 0. The second-order valence-electron chi connectivity index (χ2n) is 3.25. The number of aliphatic hydroxyl groups excluding tert-OH is 1. The highest BCUT2D eigenvalue weighted by atomic mass is 19.4. The number of rotatable bonds is 1. The van der Waals surface area contributed by atoms with Gasteiger partial charge < -0.3 is 5.11 Å². The van der Waals surface area contributed by atoms with Crippen LogP contribution in [0.2, 0.25) is 0 Å². The molecule has 0 spiro atoms. The van der Waals surface area contributed by atoms with E-state index in [-0.39, 0.29) is 5.56 Å². The lowest BCUT2D eigenvalue weighted by Crippen LogP contribution is -2.08. The smallest absolute Gasteiger partial charge is 0.389 e. The minimum absolute atomic E-state index is 0.135. The zero-order valence-corrected chi connectivity index (χ0v) is 9.89. The summed E-state index contributed by atoms with van der Waals surface area (Å²) in [6.07, 6.45) is -5.06. The molecule has 0 aromatic heterocycles. The number of benzene rings is 1. The van der Waals surface area contributed by atoms with E-state index in [1.807, 2.05) is 13.8 Å². The first-order valence-corrected chi connectivity index (χ1v) is 5.18. The number of aryl methyl sites for hydroxylation is 1. The van der Waals surface area contributed by atoms with Crippen LogP contribution in [-0.2, 0) is 6.18 Å². The maximum absolute atomic E-state index is 12.3. The molecule has 0 aliphatic heterocycles. The van der Waals surface area contributed by atoms with Gasteiger partial charge in [-0.3, -0.25) is 0 Å². The SMILES string of the molecule is CC.Cc1cc(C(C)O)ccc1C(F)(F)F. The quantitative estimate of drug-likeness (QED) is 0.775. The van der Waals surface area contributed by atoms with Crippen LogP contribution in [-0.4, -0.2) is 5.11 Å². The van der Waals surface area contributed by atoms with Gasteiger partial charge in [-0.15, -0.1) is 0 Å². The van der Waals surface area contributed by atoms with Gasteiger partial charge in [0, 0.05) is 0 Å². The highest BCUT2D eigenvalue weighted by Crippen LogP contribution is 2.32. The van der Waals surface area contributed by atoms with E-state index in [4.69, 9.17) is 5.11 Å². The Bertz CT molecular complexity index is 330. The van der Waals surface area contributed by atoms with Crippen LogP contribution in [0, 0.1) is 6.92 Å². The normalized spacial score (nSPS) is 12.8. The lowest BCUT2D eigenvalue weighted by molar-refractivity contribution is -0.138. The molecule has 0 saturated carbocycles. The standard InChI is InChI=1S/C10H11F3O.C2H6/c1-6-5-8(7(2)14)3-4-9(6)10(11,12)13;1-2/h3-5,7,14H,1-2H3;1-2H3. The van der Waals surface area contributed by atoms with Crippen molar-refractivity contribution in [2.24, 2.45) is 0 Å². The zero-order valence-electron chi connectivity index (χ0n) is 9.89. The van der Waals surface area contributed by atoms with Gasteiger partial charge in [0.2, 0.25) is 0 Å². The van der Waals surface area contributed by atoms with Crippen molar-refractivity contribution in [3.8, 4) is 0 Å². The van der Waals surface area contributed by atoms with E-state index < -0.39 is 17.8 Å². The summed E-state index contributed by atoms with van der Waals surface area (Å²) >= 11 is 0. The summed E-state index contributed by atoms with van der Waals surface area (Å²) in [7, 11) is 0. The van der Waals surface area contributed by atoms with Crippen LogP contribution in [0.4, 0.5) is 13.2 Å². The Labute approximate surface area is 93.9 Å². The van der Waals surface area contributed by atoms with Crippen LogP contribution < -0.4 is 0 Å². The molecule has 1 aromatic carbocycles. The number of aliphatic hydroxyl groups is 1. The highest BCUT2D eigenvalue weighted by Gasteiger charge is 2.32. The van der Waals surface area contributed by atoms with Gasteiger partial charge in [0.25, 0.3) is 0 Å². The van der Waals surface area contributed by atoms with E-state index in [9.17, 15) is 13.2 Å². The molecule has 0 aliphatic carbocycles. The molecule has 0 aliphatic rings. The third-order valence-electron chi connectivity index (χ3n) is 2.04. The van der Waals surface area contributed by atoms with Crippen LogP contribution in [0.5, 0.6) is 0 Å². The molecule has 0 saturated heterocycles. The van der Waals surface area contributed by atoms with Gasteiger partial charge in [0.15, 0.2) is 0 Å². The third-order valence-corrected chi connectivity index (χ3v) is 2.04. The molecule has 0 bridgehead atoms. The first kappa shape index (κ1) is 15.0. The molecule has 1 unspecified atom stereocenters. The lowest BCUT2D eigenvalue weighted by atomic mass is 10.0. The second kappa shape index (κ2) is 5.89. The summed E-state index contributed by atoms with van der Waals surface area (Å²) in [5.41, 5.74) is -0.0201. The Morgan fingerprint density at radius 1 is 1.19 bits per heavy atom. The van der Waals surface area contributed by atoms with E-state index in [1.54, 1.807) is 0 Å². The molecule has 4 heteroatoms. The molecule has 1 aromatic rings. The van der Waals surface area contributed by atoms with E-state index >= 15 is 0 Å². The van der Waals surface area contributed by atoms with Crippen molar-refractivity contribution < 1.29 is 18.3 Å². The first-order valence-electron chi connectivity index (χ1n) is 5.18. The predicted octanol–water partition coefficient (Wildman–Crippen LogP) is 4.09. The van der Waals surface area contributed by atoms with Gasteiger partial charge in [-0.1, -0.05) is 26.0 Å². The Hall–Kier alpha value is -1.03. The molecule has 0 heterocycles. The van der Waals surface area contributed by atoms with Crippen molar-refractivity contribution in [1.82, 2.24) is 0 Å². The van der Waals surface area contributed by atoms with E-state index in [0.717, 1.165) is 6.07 Å². The average molecular weight is 234 g/mol. The minimum Gasteiger partial charge on any atom is -0.389 e. The van der Waals surface area contributed by atoms with Gasteiger partial charge in [-0.2, -0.15) is 13.2 Å². The number of halogens is 3. The van der Waals surface area contributed by atoms with Gasteiger partial charge in [-0.05, 0) is 31.0 Å². The monoisotopic (exact) mass is 234 g/mol. The molecule has 0 amide bonds. The van der Waals surface area contributed by atoms with E-state index in [1.165, 1.54) is 26.0 Å². The van der Waals surface area contributed by atoms with Crippen molar-refractivity contribution in [1.29, 1.82) is 0 Å². The summed E-state index contributed by atoms with van der Waals surface area (Å²) in [6, 6.07) is 3.64. The van der Waals surface area contributed by atoms with Gasteiger partial charge in [0.05, 0.1) is 11.7 Å². The average Bonchev–Trinajstić information content (AvgIpc) is 2.18. The Morgan fingerprint density at radius 2 is 1.69 bits per heavy atom. The van der Waals surface area contributed by atoms with Crippen LogP contribution in [0.3, 0.4) is 0 Å². The summed E-state index contributed by atoms with van der Waals surface area (Å²) in [4.78, 5) is 0. The van der Waals surface area contributed by atoms with Gasteiger partial charge in [0.1, 0.15) is 0 Å². The maximum atomic E-state index is 12.3. The Morgan fingerprint density at radius 3 is 2.00 bits per heavy atom. The summed E-state index contributed by atoms with van der Waals surface area (Å²) < 4.78 is 37.0. The maximum Gasteiger partial charge on any atom is 0.416 e. The molecule has 1 N–H and O–H groups in total.